The number of fused-ring (bicyclic) bond motifs is 1. The molecule has 2 aromatic carbocycles. The molecule has 1 aliphatic rings. The first-order chi connectivity index (χ1) is 18.3. The number of nitrogens with zero attached hydrogens (tertiary/aromatic N) is 5. The van der Waals surface area contributed by atoms with Crippen LogP contribution in [0, 0.1) is 12.8 Å². The molecule has 0 unspecified atom stereocenters. The van der Waals surface area contributed by atoms with Crippen molar-refractivity contribution in [3.05, 3.63) is 71.5 Å². The second-order valence-corrected chi connectivity index (χ2v) is 10.2. The van der Waals surface area contributed by atoms with Gasteiger partial charge in [-0.25, -0.2) is 14.6 Å². The monoisotopic (exact) mass is 511 g/mol. The molecule has 2 amide bonds. The Labute approximate surface area is 222 Å². The molecule has 2 heterocycles. The third-order valence-corrected chi connectivity index (χ3v) is 7.42. The van der Waals surface area contributed by atoms with Gasteiger partial charge in [0.15, 0.2) is 5.65 Å². The van der Waals surface area contributed by atoms with E-state index in [4.69, 9.17) is 10.8 Å². The van der Waals surface area contributed by atoms with E-state index in [1.54, 1.807) is 4.90 Å². The first-order valence-electron chi connectivity index (χ1n) is 13.0. The SMILES string of the molecule is Cc1ccccc1C(=O)NCc1ccc(-c2nn(C3CCC(C(=O)N(C)C)CC3)c3ncnc(N)c23)cc1. The maximum atomic E-state index is 12.6. The molecule has 0 spiro atoms. The molecule has 1 fully saturated rings. The van der Waals surface area contributed by atoms with Crippen molar-refractivity contribution in [2.75, 3.05) is 19.8 Å². The van der Waals surface area contributed by atoms with Gasteiger partial charge in [-0.2, -0.15) is 5.10 Å². The number of rotatable bonds is 6. The molecular formula is C29H33N7O2. The quantitative estimate of drug-likeness (QED) is 0.402. The molecule has 38 heavy (non-hydrogen) atoms. The van der Waals surface area contributed by atoms with Gasteiger partial charge in [0.05, 0.1) is 11.4 Å². The van der Waals surface area contributed by atoms with E-state index in [0.717, 1.165) is 53.5 Å². The number of nitrogens with one attached hydrogen (secondary N) is 1. The Kier molecular flexibility index (Phi) is 7.09. The topological polar surface area (TPSA) is 119 Å². The van der Waals surface area contributed by atoms with Crippen molar-refractivity contribution in [2.24, 2.45) is 5.92 Å². The first kappa shape index (κ1) is 25.4. The first-order valence-corrected chi connectivity index (χ1v) is 13.0. The van der Waals surface area contributed by atoms with Crippen molar-refractivity contribution >= 4 is 28.7 Å². The molecule has 196 valence electrons. The summed E-state index contributed by atoms with van der Waals surface area (Å²) in [4.78, 5) is 35.4. The van der Waals surface area contributed by atoms with Crippen molar-refractivity contribution in [2.45, 2.75) is 45.2 Å². The fourth-order valence-electron chi connectivity index (χ4n) is 5.27. The van der Waals surface area contributed by atoms with Gasteiger partial charge in [-0.15, -0.1) is 0 Å². The zero-order chi connectivity index (χ0) is 26.8. The number of nitrogens with two attached hydrogens (primary N) is 1. The molecular weight excluding hydrogens is 478 g/mol. The van der Waals surface area contributed by atoms with Crippen molar-refractivity contribution < 1.29 is 9.59 Å². The van der Waals surface area contributed by atoms with E-state index in [1.165, 1.54) is 6.33 Å². The van der Waals surface area contributed by atoms with Gasteiger partial charge in [0.1, 0.15) is 17.8 Å². The molecule has 4 aromatic rings. The summed E-state index contributed by atoms with van der Waals surface area (Å²) in [6.07, 6.45) is 4.82. The van der Waals surface area contributed by atoms with E-state index < -0.39 is 0 Å². The minimum absolute atomic E-state index is 0.0566. The number of nitrogen functional groups attached to an aromatic ring is 1. The van der Waals surface area contributed by atoms with Crippen LogP contribution in [0.4, 0.5) is 5.82 Å². The second kappa shape index (κ2) is 10.6. The van der Waals surface area contributed by atoms with Crippen LogP contribution in [0.3, 0.4) is 0 Å². The smallest absolute Gasteiger partial charge is 0.251 e. The summed E-state index contributed by atoms with van der Waals surface area (Å²) in [7, 11) is 3.62. The van der Waals surface area contributed by atoms with Gasteiger partial charge in [0.2, 0.25) is 5.91 Å². The number of aromatic nitrogens is 4. The van der Waals surface area contributed by atoms with Crippen LogP contribution in [0.5, 0.6) is 0 Å². The molecule has 9 heteroatoms. The number of amides is 2. The van der Waals surface area contributed by atoms with Crippen LogP contribution in [0.1, 0.15) is 53.2 Å². The minimum atomic E-state index is -0.0937. The van der Waals surface area contributed by atoms with E-state index in [-0.39, 0.29) is 23.8 Å². The van der Waals surface area contributed by atoms with E-state index >= 15 is 0 Å². The maximum Gasteiger partial charge on any atom is 0.251 e. The van der Waals surface area contributed by atoms with Gasteiger partial charge >= 0.3 is 0 Å². The number of benzene rings is 2. The predicted octanol–water partition coefficient (Wildman–Crippen LogP) is 4.13. The lowest BCUT2D eigenvalue weighted by atomic mass is 9.85. The number of anilines is 1. The van der Waals surface area contributed by atoms with Crippen LogP contribution in [-0.2, 0) is 11.3 Å². The third-order valence-electron chi connectivity index (χ3n) is 7.42. The van der Waals surface area contributed by atoms with Crippen LogP contribution < -0.4 is 11.1 Å². The molecule has 5 rings (SSSR count). The Balaban J connectivity index is 1.35. The Morgan fingerprint density at radius 3 is 2.42 bits per heavy atom. The third kappa shape index (κ3) is 4.96. The molecule has 0 atom stereocenters. The van der Waals surface area contributed by atoms with Crippen LogP contribution >= 0.6 is 0 Å². The van der Waals surface area contributed by atoms with Gasteiger partial charge in [0, 0.05) is 37.7 Å². The fourth-order valence-corrected chi connectivity index (χ4v) is 5.27. The number of hydrogen-bond donors (Lipinski definition) is 2. The van der Waals surface area contributed by atoms with Gasteiger partial charge < -0.3 is 16.0 Å². The summed E-state index contributed by atoms with van der Waals surface area (Å²) >= 11 is 0. The molecule has 1 aliphatic carbocycles. The molecule has 1 saturated carbocycles. The molecule has 0 radical (unpaired) electrons. The number of aryl methyl sites for hydroxylation is 1. The number of carbonyl (C=O) groups is 2. The lowest BCUT2D eigenvalue weighted by Crippen LogP contribution is -2.32. The minimum Gasteiger partial charge on any atom is -0.383 e. The standard InChI is InChI=1S/C29H33N7O2/c1-18-6-4-5-7-23(18)28(37)31-16-19-8-10-20(11-9-19)25-24-26(30)32-17-33-27(24)36(34-25)22-14-12-21(13-15-22)29(38)35(2)3/h4-11,17,21-22H,12-16H2,1-3H3,(H,31,37)(H2,30,32,33). The van der Waals surface area contributed by atoms with Crippen LogP contribution in [-0.4, -0.2) is 50.6 Å². The van der Waals surface area contributed by atoms with Crippen molar-refractivity contribution in [3.63, 3.8) is 0 Å². The van der Waals surface area contributed by atoms with Crippen molar-refractivity contribution in [1.82, 2.24) is 30.0 Å². The molecule has 0 saturated heterocycles. The Bertz CT molecular complexity index is 1470. The maximum absolute atomic E-state index is 12.6. The number of hydrogen-bond acceptors (Lipinski definition) is 6. The van der Waals surface area contributed by atoms with Crippen molar-refractivity contribution in [1.29, 1.82) is 0 Å². The molecule has 0 aliphatic heterocycles. The Hall–Kier alpha value is -4.27. The highest BCUT2D eigenvalue weighted by molar-refractivity contribution is 5.98. The lowest BCUT2D eigenvalue weighted by Gasteiger charge is -2.29. The Morgan fingerprint density at radius 1 is 1.03 bits per heavy atom. The summed E-state index contributed by atoms with van der Waals surface area (Å²) < 4.78 is 1.97. The van der Waals surface area contributed by atoms with E-state index in [0.29, 0.717) is 23.6 Å². The fraction of sp³-hybridized carbons (Fsp3) is 0.345. The van der Waals surface area contributed by atoms with Crippen LogP contribution in [0.15, 0.2) is 54.9 Å². The van der Waals surface area contributed by atoms with Gasteiger partial charge in [0.25, 0.3) is 5.91 Å². The second-order valence-electron chi connectivity index (χ2n) is 10.2. The van der Waals surface area contributed by atoms with Gasteiger partial charge in [-0.1, -0.05) is 42.5 Å². The van der Waals surface area contributed by atoms with E-state index in [9.17, 15) is 9.59 Å². The highest BCUT2D eigenvalue weighted by atomic mass is 16.2. The summed E-state index contributed by atoms with van der Waals surface area (Å²) in [5.74, 6) is 0.545. The van der Waals surface area contributed by atoms with Crippen molar-refractivity contribution in [3.8, 4) is 11.3 Å². The molecule has 0 bridgehead atoms. The normalized spacial score (nSPS) is 17.3. The van der Waals surface area contributed by atoms with Crippen LogP contribution in [0.25, 0.3) is 22.3 Å². The van der Waals surface area contributed by atoms with E-state index in [2.05, 4.69) is 15.3 Å². The predicted molar refractivity (Wildman–Crippen MR) is 147 cm³/mol. The number of carbonyl (C=O) groups excluding carboxylic acids is 2. The summed E-state index contributed by atoms with van der Waals surface area (Å²) in [5, 5.41) is 8.70. The van der Waals surface area contributed by atoms with Gasteiger partial charge in [-0.05, 0) is 49.8 Å². The van der Waals surface area contributed by atoms with E-state index in [1.807, 2.05) is 74.2 Å². The molecule has 9 nitrogen and oxygen atoms in total. The highest BCUT2D eigenvalue weighted by Gasteiger charge is 2.30. The summed E-state index contributed by atoms with van der Waals surface area (Å²) in [6.45, 7) is 2.35. The molecule has 3 N–H and O–H groups in total. The largest absolute Gasteiger partial charge is 0.383 e. The average Bonchev–Trinajstić information content (AvgIpc) is 3.33. The van der Waals surface area contributed by atoms with Gasteiger partial charge in [-0.3, -0.25) is 9.59 Å². The average molecular weight is 512 g/mol. The zero-order valence-electron chi connectivity index (χ0n) is 22.0. The molecule has 2 aromatic heterocycles. The summed E-state index contributed by atoms with van der Waals surface area (Å²) in [6, 6.07) is 15.6. The summed E-state index contributed by atoms with van der Waals surface area (Å²) in [5.41, 5.74) is 11.3. The Morgan fingerprint density at radius 2 is 1.74 bits per heavy atom. The zero-order valence-corrected chi connectivity index (χ0v) is 22.0. The highest BCUT2D eigenvalue weighted by Crippen LogP contribution is 2.37. The lowest BCUT2D eigenvalue weighted by molar-refractivity contribution is -0.134. The van der Waals surface area contributed by atoms with Crippen LogP contribution in [0.2, 0.25) is 0 Å².